The van der Waals surface area contributed by atoms with Crippen molar-refractivity contribution in [3.05, 3.63) is 59.2 Å². The van der Waals surface area contributed by atoms with Gasteiger partial charge < -0.3 is 10.0 Å². The quantitative estimate of drug-likeness (QED) is 0.855. The zero-order valence-corrected chi connectivity index (χ0v) is 14.6. The lowest BCUT2D eigenvalue weighted by molar-refractivity contribution is -0.169. The van der Waals surface area contributed by atoms with Gasteiger partial charge in [-0.15, -0.1) is 0 Å². The molecule has 1 aliphatic rings. The lowest BCUT2D eigenvalue weighted by Gasteiger charge is -2.27. The summed E-state index contributed by atoms with van der Waals surface area (Å²) in [6.45, 7) is 1.90. The van der Waals surface area contributed by atoms with Gasteiger partial charge >= 0.3 is 12.1 Å². The van der Waals surface area contributed by atoms with Crippen molar-refractivity contribution in [2.45, 2.75) is 32.0 Å². The van der Waals surface area contributed by atoms with Gasteiger partial charge in [0.15, 0.2) is 0 Å². The molecule has 27 heavy (non-hydrogen) atoms. The molecule has 1 fully saturated rings. The van der Waals surface area contributed by atoms with Gasteiger partial charge in [-0.3, -0.25) is 4.79 Å². The summed E-state index contributed by atoms with van der Waals surface area (Å²) in [5.41, 5.74) is 1.97. The van der Waals surface area contributed by atoms with Gasteiger partial charge in [0.1, 0.15) is 6.04 Å². The maximum absolute atomic E-state index is 13.2. The van der Waals surface area contributed by atoms with Crippen LogP contribution in [0.5, 0.6) is 0 Å². The Morgan fingerprint density at radius 3 is 2.26 bits per heavy atom. The monoisotopic (exact) mass is 377 g/mol. The molecule has 142 valence electrons. The van der Waals surface area contributed by atoms with Crippen LogP contribution in [0, 0.1) is 6.92 Å². The van der Waals surface area contributed by atoms with E-state index in [1.165, 1.54) is 12.1 Å². The molecule has 1 atom stereocenters. The van der Waals surface area contributed by atoms with Gasteiger partial charge in [0.05, 0.1) is 5.56 Å². The molecule has 1 unspecified atom stereocenters. The van der Waals surface area contributed by atoms with Crippen molar-refractivity contribution in [3.8, 4) is 11.1 Å². The van der Waals surface area contributed by atoms with E-state index in [-0.39, 0.29) is 30.5 Å². The first-order chi connectivity index (χ1) is 12.7. The molecule has 2 aromatic rings. The zero-order chi connectivity index (χ0) is 19.8. The first-order valence-corrected chi connectivity index (χ1v) is 8.50. The Morgan fingerprint density at radius 1 is 1.04 bits per heavy atom. The molecule has 2 aromatic carbocycles. The van der Waals surface area contributed by atoms with Crippen LogP contribution in [0.2, 0.25) is 0 Å². The number of aromatic carboxylic acids is 1. The number of hydrogen-bond acceptors (Lipinski definition) is 2. The third-order valence-electron chi connectivity index (χ3n) is 4.70. The number of amides is 1. The number of carboxylic acid groups (broad SMARTS) is 1. The van der Waals surface area contributed by atoms with Gasteiger partial charge in [-0.25, -0.2) is 4.79 Å². The van der Waals surface area contributed by atoms with Crippen molar-refractivity contribution in [2.75, 3.05) is 6.54 Å². The first-order valence-electron chi connectivity index (χ1n) is 8.50. The van der Waals surface area contributed by atoms with E-state index in [1.807, 2.05) is 19.1 Å². The predicted octanol–water partition coefficient (Wildman–Crippen LogP) is 4.53. The number of benzene rings is 2. The van der Waals surface area contributed by atoms with Crippen LogP contribution in [0.15, 0.2) is 42.5 Å². The van der Waals surface area contributed by atoms with E-state index < -0.39 is 24.1 Å². The fourth-order valence-electron chi connectivity index (χ4n) is 3.30. The van der Waals surface area contributed by atoms with Gasteiger partial charge in [0, 0.05) is 12.1 Å². The van der Waals surface area contributed by atoms with Crippen molar-refractivity contribution in [1.29, 1.82) is 0 Å². The molecular weight excluding hydrogens is 359 g/mol. The summed E-state index contributed by atoms with van der Waals surface area (Å²) < 4.78 is 39.6. The predicted molar refractivity (Wildman–Crippen MR) is 93.7 cm³/mol. The van der Waals surface area contributed by atoms with Gasteiger partial charge in [-0.1, -0.05) is 29.8 Å². The number of alkyl halides is 3. The molecule has 7 heteroatoms. The Hall–Kier alpha value is -2.83. The summed E-state index contributed by atoms with van der Waals surface area (Å²) in [6, 6.07) is 9.39. The Labute approximate surface area is 154 Å². The number of halogens is 3. The van der Waals surface area contributed by atoms with Crippen molar-refractivity contribution >= 4 is 11.9 Å². The minimum absolute atomic E-state index is 0.000173. The molecule has 1 aliphatic heterocycles. The van der Waals surface area contributed by atoms with E-state index in [2.05, 4.69) is 0 Å². The number of hydrogen-bond donors (Lipinski definition) is 1. The van der Waals surface area contributed by atoms with Crippen LogP contribution >= 0.6 is 0 Å². The van der Waals surface area contributed by atoms with E-state index in [1.54, 1.807) is 12.1 Å². The van der Waals surface area contributed by atoms with Gasteiger partial charge in [0.2, 0.25) is 0 Å². The third kappa shape index (κ3) is 3.97. The number of carbonyl (C=O) groups is 2. The average molecular weight is 377 g/mol. The normalized spacial score (nSPS) is 17.2. The Kier molecular flexibility index (Phi) is 4.95. The van der Waals surface area contributed by atoms with Crippen LogP contribution in [-0.4, -0.2) is 40.6 Å². The molecule has 1 heterocycles. The summed E-state index contributed by atoms with van der Waals surface area (Å²) in [7, 11) is 0. The molecule has 0 bridgehead atoms. The second-order valence-corrected chi connectivity index (χ2v) is 6.67. The van der Waals surface area contributed by atoms with Crippen LogP contribution < -0.4 is 0 Å². The molecule has 1 saturated heterocycles. The SMILES string of the molecule is Cc1ccc(-c2cc(C(=O)O)cc(C(=O)N3CCCC3C(F)(F)F)c2)cc1. The second-order valence-electron chi connectivity index (χ2n) is 6.67. The third-order valence-corrected chi connectivity index (χ3v) is 4.70. The highest BCUT2D eigenvalue weighted by Crippen LogP contribution is 2.34. The zero-order valence-electron chi connectivity index (χ0n) is 14.6. The highest BCUT2D eigenvalue weighted by molar-refractivity contribution is 5.99. The van der Waals surface area contributed by atoms with Gasteiger partial charge in [-0.05, 0) is 49.1 Å². The molecule has 0 aromatic heterocycles. The van der Waals surface area contributed by atoms with Gasteiger partial charge in [-0.2, -0.15) is 13.2 Å². The summed E-state index contributed by atoms with van der Waals surface area (Å²) in [4.78, 5) is 25.0. The maximum atomic E-state index is 13.2. The smallest absolute Gasteiger partial charge is 0.408 e. The largest absolute Gasteiger partial charge is 0.478 e. The summed E-state index contributed by atoms with van der Waals surface area (Å²) >= 11 is 0. The van der Waals surface area contributed by atoms with Crippen molar-refractivity contribution in [2.24, 2.45) is 0 Å². The average Bonchev–Trinajstić information content (AvgIpc) is 3.11. The van der Waals surface area contributed by atoms with E-state index in [9.17, 15) is 27.9 Å². The topological polar surface area (TPSA) is 57.6 Å². The number of aryl methyl sites for hydroxylation is 1. The van der Waals surface area contributed by atoms with E-state index in [0.717, 1.165) is 16.5 Å². The van der Waals surface area contributed by atoms with Crippen molar-refractivity contribution in [1.82, 2.24) is 4.90 Å². The minimum Gasteiger partial charge on any atom is -0.478 e. The molecule has 0 saturated carbocycles. The van der Waals surface area contributed by atoms with Crippen LogP contribution in [0.1, 0.15) is 39.1 Å². The molecule has 3 rings (SSSR count). The van der Waals surface area contributed by atoms with Crippen LogP contribution in [-0.2, 0) is 0 Å². The van der Waals surface area contributed by atoms with E-state index >= 15 is 0 Å². The fraction of sp³-hybridized carbons (Fsp3) is 0.300. The number of carboxylic acids is 1. The molecular formula is C20H18F3NO3. The number of likely N-dealkylation sites (tertiary alicyclic amines) is 1. The molecule has 1 amide bonds. The molecule has 0 aliphatic carbocycles. The summed E-state index contributed by atoms with van der Waals surface area (Å²) in [5.74, 6) is -2.04. The number of carbonyl (C=O) groups excluding carboxylic acids is 1. The van der Waals surface area contributed by atoms with Crippen LogP contribution in [0.3, 0.4) is 0 Å². The molecule has 1 N–H and O–H groups in total. The van der Waals surface area contributed by atoms with Gasteiger partial charge in [0.25, 0.3) is 5.91 Å². The first kappa shape index (κ1) is 18.9. The Morgan fingerprint density at radius 2 is 1.67 bits per heavy atom. The van der Waals surface area contributed by atoms with Crippen molar-refractivity contribution < 1.29 is 27.9 Å². The molecule has 0 radical (unpaired) electrons. The van der Waals surface area contributed by atoms with Crippen LogP contribution in [0.25, 0.3) is 11.1 Å². The molecule has 4 nitrogen and oxygen atoms in total. The second kappa shape index (κ2) is 7.06. The summed E-state index contributed by atoms with van der Waals surface area (Å²) in [6.07, 6.45) is -4.38. The number of nitrogens with zero attached hydrogens (tertiary/aromatic N) is 1. The maximum Gasteiger partial charge on any atom is 0.408 e. The highest BCUT2D eigenvalue weighted by atomic mass is 19.4. The summed E-state index contributed by atoms with van der Waals surface area (Å²) in [5, 5.41) is 9.35. The highest BCUT2D eigenvalue weighted by Gasteiger charge is 2.47. The van der Waals surface area contributed by atoms with Crippen molar-refractivity contribution in [3.63, 3.8) is 0 Å². The fourth-order valence-corrected chi connectivity index (χ4v) is 3.30. The standard InChI is InChI=1S/C20H18F3NO3/c1-12-4-6-13(7-5-12)14-9-15(11-16(10-14)19(26)27)18(25)24-8-2-3-17(24)20(21,22)23/h4-7,9-11,17H,2-3,8H2,1H3,(H,26,27). The Bertz CT molecular complexity index is 875. The van der Waals surface area contributed by atoms with E-state index in [0.29, 0.717) is 11.1 Å². The Balaban J connectivity index is 2.03. The molecule has 0 spiro atoms. The lowest BCUT2D eigenvalue weighted by Crippen LogP contribution is -2.44. The number of rotatable bonds is 3. The minimum atomic E-state index is -4.50. The van der Waals surface area contributed by atoms with E-state index in [4.69, 9.17) is 0 Å². The van der Waals surface area contributed by atoms with Crippen LogP contribution in [0.4, 0.5) is 13.2 Å². The lowest BCUT2D eigenvalue weighted by atomic mass is 9.98.